The Morgan fingerprint density at radius 3 is 2.03 bits per heavy atom. The summed E-state index contributed by atoms with van der Waals surface area (Å²) in [5, 5.41) is 9.14. The first-order valence-corrected chi connectivity index (χ1v) is 13.1. The molecule has 0 saturated carbocycles. The molecule has 0 bridgehead atoms. The standard InChI is InChI=1S/C27H46N4O6/c1-24(2,3)13-16-35-26(6,7)12-15-30-19-20(28-29-30)18-27(8,9)36-17-14-25(4,5)23(34)37-31-21(32)10-11-22(31)33/h19H,10-18H2,1-9H3. The Kier molecular flexibility index (Phi) is 10.0. The average molecular weight is 523 g/mol. The van der Waals surface area contributed by atoms with Gasteiger partial charge in [0.05, 0.1) is 22.3 Å². The lowest BCUT2D eigenvalue weighted by atomic mass is 9.90. The second kappa shape index (κ2) is 12.0. The maximum absolute atomic E-state index is 12.5. The maximum Gasteiger partial charge on any atom is 0.338 e. The number of hydrogen-bond acceptors (Lipinski definition) is 8. The lowest BCUT2D eigenvalue weighted by Crippen LogP contribution is -2.39. The highest BCUT2D eigenvalue weighted by molar-refractivity contribution is 6.01. The molecule has 0 aromatic carbocycles. The summed E-state index contributed by atoms with van der Waals surface area (Å²) in [4.78, 5) is 41.0. The van der Waals surface area contributed by atoms with Crippen molar-refractivity contribution in [3.63, 3.8) is 0 Å². The van der Waals surface area contributed by atoms with E-state index < -0.39 is 28.8 Å². The maximum atomic E-state index is 12.5. The minimum absolute atomic E-state index is 0.0669. The van der Waals surface area contributed by atoms with E-state index in [2.05, 4.69) is 44.9 Å². The Labute approximate surface area is 221 Å². The molecule has 0 radical (unpaired) electrons. The van der Waals surface area contributed by atoms with Gasteiger partial charge in [-0.2, -0.15) is 0 Å². The van der Waals surface area contributed by atoms with Gasteiger partial charge in [-0.25, -0.2) is 4.79 Å². The molecule has 10 nitrogen and oxygen atoms in total. The van der Waals surface area contributed by atoms with Crippen molar-refractivity contribution in [3.05, 3.63) is 11.9 Å². The summed E-state index contributed by atoms with van der Waals surface area (Å²) in [6.45, 7) is 19.9. The highest BCUT2D eigenvalue weighted by Crippen LogP contribution is 2.27. The predicted molar refractivity (Wildman–Crippen MR) is 138 cm³/mol. The van der Waals surface area contributed by atoms with Crippen LogP contribution in [0.3, 0.4) is 0 Å². The van der Waals surface area contributed by atoms with Gasteiger partial charge in [-0.05, 0) is 66.2 Å². The summed E-state index contributed by atoms with van der Waals surface area (Å²) in [7, 11) is 0. The highest BCUT2D eigenvalue weighted by atomic mass is 16.7. The number of hydroxylamine groups is 2. The van der Waals surface area contributed by atoms with Crippen molar-refractivity contribution >= 4 is 17.8 Å². The van der Waals surface area contributed by atoms with Gasteiger partial charge < -0.3 is 14.3 Å². The fourth-order valence-electron chi connectivity index (χ4n) is 3.65. The van der Waals surface area contributed by atoms with E-state index in [-0.39, 0.29) is 23.9 Å². The molecule has 1 aromatic heterocycles. The van der Waals surface area contributed by atoms with Gasteiger partial charge in [0.2, 0.25) is 0 Å². The van der Waals surface area contributed by atoms with Gasteiger partial charge in [-0.1, -0.05) is 26.0 Å². The molecule has 2 amide bonds. The van der Waals surface area contributed by atoms with Crippen LogP contribution in [-0.4, -0.2) is 62.3 Å². The molecule has 1 aromatic rings. The second-order valence-electron chi connectivity index (χ2n) is 13.0. The summed E-state index contributed by atoms with van der Waals surface area (Å²) in [6.07, 6.45) is 4.81. The largest absolute Gasteiger partial charge is 0.375 e. The monoisotopic (exact) mass is 522 g/mol. The van der Waals surface area contributed by atoms with Crippen LogP contribution in [0.2, 0.25) is 0 Å². The van der Waals surface area contributed by atoms with E-state index in [1.807, 2.05) is 24.7 Å². The number of imide groups is 1. The predicted octanol–water partition coefficient (Wildman–Crippen LogP) is 4.26. The van der Waals surface area contributed by atoms with Crippen molar-refractivity contribution in [2.24, 2.45) is 10.8 Å². The first-order valence-electron chi connectivity index (χ1n) is 13.1. The summed E-state index contributed by atoms with van der Waals surface area (Å²) in [6, 6.07) is 0. The third kappa shape index (κ3) is 10.5. The van der Waals surface area contributed by atoms with Crippen LogP contribution >= 0.6 is 0 Å². The molecule has 0 atom stereocenters. The number of amides is 2. The lowest BCUT2D eigenvalue weighted by Gasteiger charge is -2.28. The van der Waals surface area contributed by atoms with Crippen molar-refractivity contribution in [2.45, 2.75) is 119 Å². The number of ether oxygens (including phenoxy) is 2. The molecule has 0 unspecified atom stereocenters. The Bertz CT molecular complexity index is 929. The molecular formula is C27H46N4O6. The van der Waals surface area contributed by atoms with E-state index in [1.54, 1.807) is 13.8 Å². The molecule has 1 aliphatic heterocycles. The molecule has 1 saturated heterocycles. The van der Waals surface area contributed by atoms with Crippen molar-refractivity contribution in [2.75, 3.05) is 13.2 Å². The van der Waals surface area contributed by atoms with Crippen LogP contribution in [0.25, 0.3) is 0 Å². The molecule has 0 N–H and O–H groups in total. The van der Waals surface area contributed by atoms with E-state index >= 15 is 0 Å². The third-order valence-electron chi connectivity index (χ3n) is 6.43. The van der Waals surface area contributed by atoms with Crippen molar-refractivity contribution < 1.29 is 28.7 Å². The smallest absolute Gasteiger partial charge is 0.338 e. The Hall–Kier alpha value is -2.33. The van der Waals surface area contributed by atoms with Crippen LogP contribution in [0.4, 0.5) is 0 Å². The number of nitrogens with zero attached hydrogens (tertiary/aromatic N) is 4. The normalized spacial score (nSPS) is 15.5. The average Bonchev–Trinajstić information content (AvgIpc) is 3.31. The molecule has 0 aliphatic carbocycles. The zero-order valence-electron chi connectivity index (χ0n) is 24.2. The summed E-state index contributed by atoms with van der Waals surface area (Å²) >= 11 is 0. The van der Waals surface area contributed by atoms with Gasteiger partial charge in [0.1, 0.15) is 0 Å². The van der Waals surface area contributed by atoms with Crippen LogP contribution < -0.4 is 0 Å². The first kappa shape index (κ1) is 30.9. The zero-order valence-corrected chi connectivity index (χ0v) is 24.2. The molecule has 2 heterocycles. The summed E-state index contributed by atoms with van der Waals surface area (Å²) < 4.78 is 14.0. The van der Waals surface area contributed by atoms with Crippen LogP contribution in [-0.2, 0) is 41.7 Å². The van der Waals surface area contributed by atoms with E-state index in [0.717, 1.165) is 25.1 Å². The quantitative estimate of drug-likeness (QED) is 0.333. The minimum atomic E-state index is -0.926. The lowest BCUT2D eigenvalue weighted by molar-refractivity contribution is -0.205. The molecular weight excluding hydrogens is 476 g/mol. The van der Waals surface area contributed by atoms with E-state index in [1.165, 1.54) is 0 Å². The van der Waals surface area contributed by atoms with Crippen LogP contribution in [0.15, 0.2) is 6.20 Å². The minimum Gasteiger partial charge on any atom is -0.375 e. The van der Waals surface area contributed by atoms with Crippen LogP contribution in [0, 0.1) is 10.8 Å². The SMILES string of the molecule is CC(C)(C)CCOC(C)(C)CCn1cc(CC(C)(C)OCCC(C)(C)C(=O)ON2C(=O)CCC2=O)nn1. The number of aromatic nitrogens is 3. The van der Waals surface area contributed by atoms with Gasteiger partial charge in [-0.3, -0.25) is 14.3 Å². The van der Waals surface area contributed by atoms with E-state index in [9.17, 15) is 14.4 Å². The topological polar surface area (TPSA) is 113 Å². The molecule has 37 heavy (non-hydrogen) atoms. The van der Waals surface area contributed by atoms with E-state index in [0.29, 0.717) is 31.1 Å². The summed E-state index contributed by atoms with van der Waals surface area (Å²) in [5.74, 6) is -1.61. The molecule has 0 spiro atoms. The number of hydrogen-bond donors (Lipinski definition) is 0. The molecule has 1 aliphatic rings. The molecule has 210 valence electrons. The number of rotatable bonds is 14. The van der Waals surface area contributed by atoms with Gasteiger partial charge in [0.15, 0.2) is 0 Å². The molecule has 2 rings (SSSR count). The second-order valence-corrected chi connectivity index (χ2v) is 13.0. The van der Waals surface area contributed by atoms with Gasteiger partial charge >= 0.3 is 5.97 Å². The molecule has 10 heteroatoms. The fourth-order valence-corrected chi connectivity index (χ4v) is 3.65. The van der Waals surface area contributed by atoms with Crippen molar-refractivity contribution in [1.82, 2.24) is 20.1 Å². The number of carbonyl (C=O) groups excluding carboxylic acids is 3. The van der Waals surface area contributed by atoms with Crippen molar-refractivity contribution in [1.29, 1.82) is 0 Å². The van der Waals surface area contributed by atoms with Crippen LogP contribution in [0.5, 0.6) is 0 Å². The number of carbonyl (C=O) groups is 3. The van der Waals surface area contributed by atoms with Crippen LogP contribution in [0.1, 0.15) is 100 Å². The van der Waals surface area contributed by atoms with E-state index in [4.69, 9.17) is 14.3 Å². The number of aryl methyl sites for hydroxylation is 1. The zero-order chi connectivity index (χ0) is 28.1. The molecule has 1 fully saturated rings. The summed E-state index contributed by atoms with van der Waals surface area (Å²) in [5.41, 5.74) is -0.634. The van der Waals surface area contributed by atoms with Gasteiger partial charge in [0.25, 0.3) is 11.8 Å². The van der Waals surface area contributed by atoms with Crippen molar-refractivity contribution in [3.8, 4) is 0 Å². The van der Waals surface area contributed by atoms with Gasteiger partial charge in [0, 0.05) is 45.2 Å². The Morgan fingerprint density at radius 1 is 0.865 bits per heavy atom. The fraction of sp³-hybridized carbons (Fsp3) is 0.815. The first-order chi connectivity index (χ1) is 16.9. The van der Waals surface area contributed by atoms with Gasteiger partial charge in [-0.15, -0.1) is 10.2 Å². The highest BCUT2D eigenvalue weighted by Gasteiger charge is 2.38. The Balaban J connectivity index is 1.78. The Morgan fingerprint density at radius 2 is 1.43 bits per heavy atom. The third-order valence-corrected chi connectivity index (χ3v) is 6.43.